The molecule has 2 aromatic carbocycles. The van der Waals surface area contributed by atoms with Crippen molar-refractivity contribution in [3.8, 4) is 17.6 Å². The molecule has 30 heavy (non-hydrogen) atoms. The molecular formula is C21H23N3O5S. The number of aryl methyl sites for hydroxylation is 1. The van der Waals surface area contributed by atoms with Crippen molar-refractivity contribution in [2.75, 3.05) is 43.9 Å². The number of esters is 1. The van der Waals surface area contributed by atoms with Crippen molar-refractivity contribution < 1.29 is 22.7 Å². The van der Waals surface area contributed by atoms with Gasteiger partial charge in [0.15, 0.2) is 17.3 Å². The Balaban J connectivity index is 1.60. The summed E-state index contributed by atoms with van der Waals surface area (Å²) in [4.78, 5) is 14.4. The van der Waals surface area contributed by atoms with E-state index in [1.54, 1.807) is 0 Å². The fraction of sp³-hybridized carbons (Fsp3) is 0.333. The number of sulfonamides is 1. The van der Waals surface area contributed by atoms with E-state index in [-0.39, 0.29) is 11.5 Å². The molecule has 0 atom stereocenters. The monoisotopic (exact) mass is 429 g/mol. The number of ether oxygens (including phenoxy) is 2. The molecule has 1 aliphatic heterocycles. The zero-order valence-electron chi connectivity index (χ0n) is 16.9. The fourth-order valence-electron chi connectivity index (χ4n) is 3.26. The lowest BCUT2D eigenvalue weighted by molar-refractivity contribution is -0.131. The Morgan fingerprint density at radius 2 is 1.83 bits per heavy atom. The van der Waals surface area contributed by atoms with Crippen molar-refractivity contribution in [2.45, 2.75) is 6.92 Å². The summed E-state index contributed by atoms with van der Waals surface area (Å²) in [6.07, 6.45) is 0. The van der Waals surface area contributed by atoms with E-state index in [1.165, 1.54) is 29.6 Å². The zero-order chi connectivity index (χ0) is 21.7. The van der Waals surface area contributed by atoms with E-state index >= 15 is 0 Å². The van der Waals surface area contributed by atoms with E-state index in [4.69, 9.17) is 14.7 Å². The van der Waals surface area contributed by atoms with E-state index in [1.807, 2.05) is 31.2 Å². The molecule has 0 spiro atoms. The molecule has 1 fully saturated rings. The average molecular weight is 429 g/mol. The van der Waals surface area contributed by atoms with Gasteiger partial charge in [-0.2, -0.15) is 9.57 Å². The number of carbonyl (C=O) groups excluding carboxylic acids is 1. The maximum atomic E-state index is 12.7. The Hall–Kier alpha value is -3.09. The minimum atomic E-state index is -3.81. The summed E-state index contributed by atoms with van der Waals surface area (Å²) in [7, 11) is -2.44. The molecule has 0 aromatic heterocycles. The summed E-state index contributed by atoms with van der Waals surface area (Å²) >= 11 is 0. The number of anilines is 1. The molecule has 8 nitrogen and oxygen atoms in total. The molecule has 0 amide bonds. The molecule has 0 bridgehead atoms. The number of piperazine rings is 1. The van der Waals surface area contributed by atoms with Crippen LogP contribution in [-0.4, -0.2) is 57.7 Å². The second-order valence-electron chi connectivity index (χ2n) is 6.93. The molecule has 3 rings (SSSR count). The highest BCUT2D eigenvalue weighted by molar-refractivity contribution is 7.89. The third-order valence-corrected chi connectivity index (χ3v) is 6.57. The van der Waals surface area contributed by atoms with Gasteiger partial charge in [-0.15, -0.1) is 0 Å². The van der Waals surface area contributed by atoms with E-state index in [9.17, 15) is 13.2 Å². The minimum absolute atomic E-state index is 0.0703. The lowest BCUT2D eigenvalue weighted by atomic mass is 10.2. The summed E-state index contributed by atoms with van der Waals surface area (Å²) in [6, 6.07) is 14.3. The van der Waals surface area contributed by atoms with E-state index in [0.29, 0.717) is 31.7 Å². The van der Waals surface area contributed by atoms with Crippen LogP contribution in [0.1, 0.15) is 11.1 Å². The van der Waals surface area contributed by atoms with Crippen LogP contribution in [0.15, 0.2) is 42.5 Å². The summed E-state index contributed by atoms with van der Waals surface area (Å²) in [5, 5.41) is 8.93. The Kier molecular flexibility index (Phi) is 6.59. The van der Waals surface area contributed by atoms with Crippen LogP contribution >= 0.6 is 0 Å². The van der Waals surface area contributed by atoms with Crippen LogP contribution in [0.4, 0.5) is 5.69 Å². The number of hydrogen-bond donors (Lipinski definition) is 0. The second kappa shape index (κ2) is 9.15. The van der Waals surface area contributed by atoms with Crippen LogP contribution in [0.25, 0.3) is 0 Å². The number of hydrogen-bond acceptors (Lipinski definition) is 7. The smallest absolute Gasteiger partial charge is 0.328 e. The van der Waals surface area contributed by atoms with Crippen LogP contribution in [0, 0.1) is 18.3 Å². The molecule has 1 heterocycles. The van der Waals surface area contributed by atoms with Gasteiger partial charge in [-0.05, 0) is 36.8 Å². The topological polar surface area (TPSA) is 99.9 Å². The first-order valence-corrected chi connectivity index (χ1v) is 11.0. The normalized spacial score (nSPS) is 14.8. The number of carbonyl (C=O) groups is 1. The van der Waals surface area contributed by atoms with Gasteiger partial charge >= 0.3 is 5.97 Å². The Morgan fingerprint density at radius 3 is 2.47 bits per heavy atom. The van der Waals surface area contributed by atoms with Gasteiger partial charge in [0.05, 0.1) is 18.7 Å². The lowest BCUT2D eigenvalue weighted by Crippen LogP contribution is -2.50. The summed E-state index contributed by atoms with van der Waals surface area (Å²) < 4.78 is 36.9. The minimum Gasteiger partial charge on any atom is -0.493 e. The molecule has 0 unspecified atom stereocenters. The highest BCUT2D eigenvalue weighted by Gasteiger charge is 2.30. The van der Waals surface area contributed by atoms with Gasteiger partial charge in [-0.1, -0.05) is 12.1 Å². The van der Waals surface area contributed by atoms with Crippen molar-refractivity contribution in [1.29, 1.82) is 5.26 Å². The fourth-order valence-corrected chi connectivity index (χ4v) is 4.52. The number of nitriles is 1. The van der Waals surface area contributed by atoms with Crippen molar-refractivity contribution in [1.82, 2.24) is 4.31 Å². The largest absolute Gasteiger partial charge is 0.493 e. The predicted octanol–water partition coefficient (Wildman–Crippen LogP) is 1.93. The molecule has 2 aromatic rings. The molecule has 1 aliphatic rings. The Morgan fingerprint density at radius 1 is 1.10 bits per heavy atom. The van der Waals surface area contributed by atoms with Crippen LogP contribution in [0.2, 0.25) is 0 Å². The first-order valence-electron chi connectivity index (χ1n) is 9.40. The summed E-state index contributed by atoms with van der Waals surface area (Å²) in [6.45, 7) is 3.69. The SMILES string of the molecule is COc1cc(C#N)ccc1OC(=O)CS(=O)(=O)N1CCN(c2cccc(C)c2)CC1. The van der Waals surface area contributed by atoms with Gasteiger partial charge in [-0.25, -0.2) is 8.42 Å². The molecule has 158 valence electrons. The van der Waals surface area contributed by atoms with Crippen molar-refractivity contribution in [3.63, 3.8) is 0 Å². The summed E-state index contributed by atoms with van der Waals surface area (Å²) in [5.74, 6) is -1.41. The number of nitrogens with zero attached hydrogens (tertiary/aromatic N) is 3. The molecule has 0 aliphatic carbocycles. The molecular weight excluding hydrogens is 406 g/mol. The van der Waals surface area contributed by atoms with Gasteiger partial charge in [0.25, 0.3) is 0 Å². The number of benzene rings is 2. The van der Waals surface area contributed by atoms with E-state index in [2.05, 4.69) is 11.0 Å². The van der Waals surface area contributed by atoms with Crippen molar-refractivity contribution >= 4 is 21.7 Å². The second-order valence-corrected chi connectivity index (χ2v) is 8.90. The molecule has 0 radical (unpaired) electrons. The molecule has 9 heteroatoms. The lowest BCUT2D eigenvalue weighted by Gasteiger charge is -2.35. The average Bonchev–Trinajstić information content (AvgIpc) is 2.73. The zero-order valence-corrected chi connectivity index (χ0v) is 17.7. The Bertz CT molecular complexity index is 1070. The highest BCUT2D eigenvalue weighted by Crippen LogP contribution is 2.28. The number of rotatable bonds is 6. The van der Waals surface area contributed by atoms with E-state index < -0.39 is 21.7 Å². The third-order valence-electron chi connectivity index (χ3n) is 4.82. The highest BCUT2D eigenvalue weighted by atomic mass is 32.2. The van der Waals surface area contributed by atoms with Gasteiger partial charge in [0.2, 0.25) is 10.0 Å². The van der Waals surface area contributed by atoms with Crippen molar-refractivity contribution in [3.05, 3.63) is 53.6 Å². The van der Waals surface area contributed by atoms with Crippen LogP contribution < -0.4 is 14.4 Å². The maximum Gasteiger partial charge on any atom is 0.328 e. The molecule has 0 N–H and O–H groups in total. The summed E-state index contributed by atoms with van der Waals surface area (Å²) in [5.41, 5.74) is 2.54. The van der Waals surface area contributed by atoms with Gasteiger partial charge in [0, 0.05) is 37.9 Å². The first kappa shape index (κ1) is 21.6. The van der Waals surface area contributed by atoms with Crippen LogP contribution in [0.5, 0.6) is 11.5 Å². The van der Waals surface area contributed by atoms with Gasteiger partial charge in [0.1, 0.15) is 0 Å². The first-order chi connectivity index (χ1) is 14.3. The predicted molar refractivity (Wildman–Crippen MR) is 112 cm³/mol. The quantitative estimate of drug-likeness (QED) is 0.511. The van der Waals surface area contributed by atoms with Crippen LogP contribution in [0.3, 0.4) is 0 Å². The van der Waals surface area contributed by atoms with Crippen LogP contribution in [-0.2, 0) is 14.8 Å². The van der Waals surface area contributed by atoms with Crippen molar-refractivity contribution in [2.24, 2.45) is 0 Å². The Labute approximate surface area is 176 Å². The van der Waals surface area contributed by atoms with Gasteiger partial charge < -0.3 is 14.4 Å². The standard InChI is InChI=1S/C21H23N3O5S/c1-16-4-3-5-18(12-16)23-8-10-24(11-9-23)30(26,27)15-21(25)29-19-7-6-17(14-22)13-20(19)28-2/h3-7,12-13H,8-11,15H2,1-2H3. The molecule has 0 saturated carbocycles. The number of methoxy groups -OCH3 is 1. The maximum absolute atomic E-state index is 12.7. The third kappa shape index (κ3) is 5.09. The molecule has 1 saturated heterocycles. The van der Waals surface area contributed by atoms with E-state index in [0.717, 1.165) is 11.3 Å². The van der Waals surface area contributed by atoms with Gasteiger partial charge in [-0.3, -0.25) is 4.79 Å².